The maximum Gasteiger partial charge on any atom is 0.123 e. The first-order valence-electron chi connectivity index (χ1n) is 8.59. The number of hydrogen-bond acceptors (Lipinski definition) is 2. The number of likely N-dealkylation sites (N-methyl/N-ethyl adjacent to an activating group) is 1. The van der Waals surface area contributed by atoms with Crippen LogP contribution in [-0.4, -0.2) is 43.0 Å². The first-order chi connectivity index (χ1) is 11.6. The van der Waals surface area contributed by atoms with Gasteiger partial charge in [0.05, 0.1) is 0 Å². The fourth-order valence-corrected chi connectivity index (χ4v) is 4.12. The van der Waals surface area contributed by atoms with Gasteiger partial charge in [0.1, 0.15) is 11.6 Å². The molecule has 2 aliphatic rings. The van der Waals surface area contributed by atoms with E-state index in [2.05, 4.69) is 16.8 Å². The lowest BCUT2D eigenvalue weighted by atomic mass is 9.93. The molecule has 0 N–H and O–H groups in total. The van der Waals surface area contributed by atoms with E-state index >= 15 is 0 Å². The van der Waals surface area contributed by atoms with E-state index in [0.717, 1.165) is 43.7 Å². The Labute approximate surface area is 166 Å². The van der Waals surface area contributed by atoms with Crippen LogP contribution in [0.2, 0.25) is 0 Å². The SMILES string of the molecule is CN1CCN(C2CC(c3ccc(F)cc3)c3ccc(F)cc32)CC1.Cl.Cl. The van der Waals surface area contributed by atoms with Crippen molar-refractivity contribution in [2.45, 2.75) is 18.4 Å². The Bertz CT molecular complexity index is 731. The second-order valence-electron chi connectivity index (χ2n) is 6.97. The van der Waals surface area contributed by atoms with Gasteiger partial charge in [0.2, 0.25) is 0 Å². The Morgan fingerprint density at radius 2 is 1.42 bits per heavy atom. The van der Waals surface area contributed by atoms with Gasteiger partial charge in [-0.1, -0.05) is 18.2 Å². The van der Waals surface area contributed by atoms with Crippen molar-refractivity contribution in [1.29, 1.82) is 0 Å². The van der Waals surface area contributed by atoms with E-state index in [1.165, 1.54) is 17.7 Å². The molecular weight excluding hydrogens is 377 g/mol. The Morgan fingerprint density at radius 3 is 2.08 bits per heavy atom. The molecule has 0 saturated carbocycles. The summed E-state index contributed by atoms with van der Waals surface area (Å²) in [6, 6.07) is 12.2. The van der Waals surface area contributed by atoms with Gasteiger partial charge in [0.25, 0.3) is 0 Å². The number of hydrogen-bond donors (Lipinski definition) is 0. The fourth-order valence-electron chi connectivity index (χ4n) is 4.12. The van der Waals surface area contributed by atoms with E-state index in [-0.39, 0.29) is 48.4 Å². The van der Waals surface area contributed by atoms with E-state index in [1.54, 1.807) is 12.1 Å². The first-order valence-corrected chi connectivity index (χ1v) is 8.59. The summed E-state index contributed by atoms with van der Waals surface area (Å²) in [6.07, 6.45) is 0.939. The maximum atomic E-state index is 13.9. The maximum absolute atomic E-state index is 13.9. The summed E-state index contributed by atoms with van der Waals surface area (Å²) in [5.74, 6) is -0.176. The number of benzene rings is 2. The van der Waals surface area contributed by atoms with Crippen molar-refractivity contribution in [2.24, 2.45) is 0 Å². The van der Waals surface area contributed by atoms with Crippen molar-refractivity contribution in [2.75, 3.05) is 33.2 Å². The normalized spacial score (nSPS) is 23.0. The van der Waals surface area contributed by atoms with Gasteiger partial charge in [-0.2, -0.15) is 0 Å². The lowest BCUT2D eigenvalue weighted by Gasteiger charge is -2.37. The molecule has 26 heavy (non-hydrogen) atoms. The molecule has 4 rings (SSSR count). The van der Waals surface area contributed by atoms with Crippen LogP contribution >= 0.6 is 24.8 Å². The monoisotopic (exact) mass is 400 g/mol. The Morgan fingerprint density at radius 1 is 0.808 bits per heavy atom. The molecule has 0 amide bonds. The van der Waals surface area contributed by atoms with E-state index in [1.807, 2.05) is 18.2 Å². The predicted molar refractivity (Wildman–Crippen MR) is 106 cm³/mol. The zero-order valence-electron chi connectivity index (χ0n) is 14.7. The minimum absolute atomic E-state index is 0. The van der Waals surface area contributed by atoms with E-state index in [4.69, 9.17) is 0 Å². The number of halogens is 4. The van der Waals surface area contributed by atoms with Gasteiger partial charge in [0, 0.05) is 38.1 Å². The van der Waals surface area contributed by atoms with Crippen molar-refractivity contribution < 1.29 is 8.78 Å². The summed E-state index contributed by atoms with van der Waals surface area (Å²) >= 11 is 0. The van der Waals surface area contributed by atoms with Crippen LogP contribution in [0.1, 0.15) is 35.1 Å². The molecule has 0 bridgehead atoms. The van der Waals surface area contributed by atoms with Crippen molar-refractivity contribution in [3.63, 3.8) is 0 Å². The van der Waals surface area contributed by atoms with Crippen molar-refractivity contribution in [3.05, 3.63) is 70.8 Å². The third-order valence-electron chi connectivity index (χ3n) is 5.49. The molecule has 0 spiro atoms. The number of nitrogens with zero attached hydrogens (tertiary/aromatic N) is 2. The summed E-state index contributed by atoms with van der Waals surface area (Å²) in [5.41, 5.74) is 3.40. The van der Waals surface area contributed by atoms with Crippen LogP contribution in [0.15, 0.2) is 42.5 Å². The average molecular weight is 401 g/mol. The van der Waals surface area contributed by atoms with Gasteiger partial charge in [-0.3, -0.25) is 4.90 Å². The predicted octanol–water partition coefficient (Wildman–Crippen LogP) is 4.63. The zero-order valence-corrected chi connectivity index (χ0v) is 16.3. The van der Waals surface area contributed by atoms with Gasteiger partial charge in [-0.05, 0) is 54.4 Å². The van der Waals surface area contributed by atoms with Crippen molar-refractivity contribution in [3.8, 4) is 0 Å². The lowest BCUT2D eigenvalue weighted by molar-refractivity contribution is 0.110. The quantitative estimate of drug-likeness (QED) is 0.724. The summed E-state index contributed by atoms with van der Waals surface area (Å²) in [5, 5.41) is 0. The van der Waals surface area contributed by atoms with Crippen LogP contribution in [0.4, 0.5) is 8.78 Å². The lowest BCUT2D eigenvalue weighted by Crippen LogP contribution is -2.45. The van der Waals surface area contributed by atoms with Crippen LogP contribution in [0.5, 0.6) is 0 Å². The van der Waals surface area contributed by atoms with Crippen LogP contribution in [0.3, 0.4) is 0 Å². The minimum atomic E-state index is -0.216. The van der Waals surface area contributed by atoms with Gasteiger partial charge < -0.3 is 4.90 Å². The largest absolute Gasteiger partial charge is 0.304 e. The molecule has 1 aliphatic carbocycles. The minimum Gasteiger partial charge on any atom is -0.304 e. The highest BCUT2D eigenvalue weighted by Gasteiger charge is 2.36. The second-order valence-corrected chi connectivity index (χ2v) is 6.97. The van der Waals surface area contributed by atoms with Crippen LogP contribution in [0, 0.1) is 11.6 Å². The molecule has 1 fully saturated rings. The highest BCUT2D eigenvalue weighted by Crippen LogP contribution is 2.47. The summed E-state index contributed by atoms with van der Waals surface area (Å²) in [4.78, 5) is 4.80. The molecule has 0 aromatic heterocycles. The molecule has 1 saturated heterocycles. The van der Waals surface area contributed by atoms with Gasteiger partial charge in [-0.25, -0.2) is 8.78 Å². The highest BCUT2D eigenvalue weighted by atomic mass is 35.5. The Kier molecular flexibility index (Phi) is 7.03. The first kappa shape index (κ1) is 21.1. The molecular formula is C20H24Cl2F2N2. The van der Waals surface area contributed by atoms with Gasteiger partial charge >= 0.3 is 0 Å². The van der Waals surface area contributed by atoms with E-state index in [9.17, 15) is 8.78 Å². The topological polar surface area (TPSA) is 6.48 Å². The standard InChI is InChI=1S/C20H22F2N2.2ClH/c1-23-8-10-24(11-9-23)20-13-18(14-2-4-15(21)5-3-14)17-7-6-16(22)12-19(17)20;;/h2-7,12,18,20H,8-11,13H2,1H3;2*1H. The molecule has 1 heterocycles. The number of piperazine rings is 1. The van der Waals surface area contributed by atoms with E-state index < -0.39 is 0 Å². The molecule has 0 radical (unpaired) electrons. The molecule has 2 aromatic rings. The zero-order chi connectivity index (χ0) is 16.7. The molecule has 2 atom stereocenters. The Balaban J connectivity index is 0.00000121. The molecule has 2 unspecified atom stereocenters. The third kappa shape index (κ3) is 4.04. The highest BCUT2D eigenvalue weighted by molar-refractivity contribution is 5.85. The van der Waals surface area contributed by atoms with Crippen LogP contribution in [-0.2, 0) is 0 Å². The molecule has 2 nitrogen and oxygen atoms in total. The smallest absolute Gasteiger partial charge is 0.123 e. The molecule has 2 aromatic carbocycles. The van der Waals surface area contributed by atoms with E-state index in [0.29, 0.717) is 0 Å². The Hall–Kier alpha value is -1.20. The number of rotatable bonds is 2. The number of fused-ring (bicyclic) bond motifs is 1. The second kappa shape index (κ2) is 8.66. The fraction of sp³-hybridized carbons (Fsp3) is 0.400. The average Bonchev–Trinajstić information content (AvgIpc) is 2.95. The van der Waals surface area contributed by atoms with Crippen molar-refractivity contribution in [1.82, 2.24) is 9.80 Å². The molecule has 1 aliphatic heterocycles. The summed E-state index contributed by atoms with van der Waals surface area (Å²) in [6.45, 7) is 4.10. The molecule has 142 valence electrons. The van der Waals surface area contributed by atoms with Crippen molar-refractivity contribution >= 4 is 24.8 Å². The van der Waals surface area contributed by atoms with Gasteiger partial charge in [0.15, 0.2) is 0 Å². The van der Waals surface area contributed by atoms with Crippen LogP contribution in [0.25, 0.3) is 0 Å². The summed E-state index contributed by atoms with van der Waals surface area (Å²) < 4.78 is 27.1. The van der Waals surface area contributed by atoms with Gasteiger partial charge in [-0.15, -0.1) is 24.8 Å². The third-order valence-corrected chi connectivity index (χ3v) is 5.49. The molecule has 6 heteroatoms. The summed E-state index contributed by atoms with van der Waals surface area (Å²) in [7, 11) is 2.14. The van der Waals surface area contributed by atoms with Crippen LogP contribution < -0.4 is 0 Å².